The van der Waals surface area contributed by atoms with Crippen molar-refractivity contribution in [3.05, 3.63) is 0 Å². The highest BCUT2D eigenvalue weighted by molar-refractivity contribution is 5.20. The Balaban J connectivity index is 1.94. The van der Waals surface area contributed by atoms with E-state index in [0.717, 1.165) is 0 Å². The summed E-state index contributed by atoms with van der Waals surface area (Å²) in [7, 11) is 3.84. The third-order valence-electron chi connectivity index (χ3n) is 6.72. The molecule has 3 saturated carbocycles. The normalized spacial score (nSPS) is 54.6. The molecule has 9 atom stereocenters. The van der Waals surface area contributed by atoms with E-state index in [1.54, 1.807) is 0 Å². The Bertz CT molecular complexity index is 476. The second kappa shape index (κ2) is 6.16. The van der Waals surface area contributed by atoms with Gasteiger partial charge in [-0.25, -0.2) is 0 Å². The van der Waals surface area contributed by atoms with Gasteiger partial charge in [-0.05, 0) is 57.7 Å². The molecule has 0 aliphatic heterocycles. The Morgan fingerprint density at radius 1 is 0.917 bits per heavy atom. The van der Waals surface area contributed by atoms with E-state index in [-0.39, 0.29) is 31.1 Å². The van der Waals surface area contributed by atoms with Crippen LogP contribution in [0.5, 0.6) is 0 Å². The van der Waals surface area contributed by atoms with Crippen LogP contribution < -0.4 is 0 Å². The molecule has 24 heavy (non-hydrogen) atoms. The molecule has 140 valence electrons. The van der Waals surface area contributed by atoms with Gasteiger partial charge in [-0.3, -0.25) is 0 Å². The fourth-order valence-corrected chi connectivity index (χ4v) is 5.60. The molecule has 0 aromatic heterocycles. The van der Waals surface area contributed by atoms with Crippen LogP contribution in [0.1, 0.15) is 32.1 Å². The van der Waals surface area contributed by atoms with Crippen molar-refractivity contribution in [2.45, 2.75) is 67.7 Å². The van der Waals surface area contributed by atoms with Crippen LogP contribution >= 0.6 is 0 Å². The Morgan fingerprint density at radius 2 is 1.54 bits per heavy atom. The zero-order valence-electron chi connectivity index (χ0n) is 14.4. The lowest BCUT2D eigenvalue weighted by molar-refractivity contribution is -0.234. The molecule has 3 aliphatic rings. The van der Waals surface area contributed by atoms with Crippen molar-refractivity contribution in [2.75, 3.05) is 20.6 Å². The summed E-state index contributed by atoms with van der Waals surface area (Å²) in [5, 5.41) is 63.2. The summed E-state index contributed by atoms with van der Waals surface area (Å²) in [5.74, 6) is -0.895. The van der Waals surface area contributed by atoms with Crippen LogP contribution in [0.4, 0.5) is 0 Å². The largest absolute Gasteiger partial charge is 0.390 e. The van der Waals surface area contributed by atoms with Crippen LogP contribution in [0, 0.1) is 17.8 Å². The van der Waals surface area contributed by atoms with Crippen LogP contribution in [-0.4, -0.2) is 91.8 Å². The summed E-state index contributed by atoms with van der Waals surface area (Å²) in [6.45, 7) is 0.692. The summed E-state index contributed by atoms with van der Waals surface area (Å²) < 4.78 is 0. The molecule has 9 unspecified atom stereocenters. The summed E-state index contributed by atoms with van der Waals surface area (Å²) in [5.41, 5.74) is -3.03. The van der Waals surface area contributed by atoms with E-state index < -0.39 is 41.5 Å². The van der Waals surface area contributed by atoms with Crippen LogP contribution in [0.2, 0.25) is 0 Å². The molecule has 7 heteroatoms. The van der Waals surface area contributed by atoms with Crippen LogP contribution in [0.3, 0.4) is 0 Å². The monoisotopic (exact) mass is 345 g/mol. The molecule has 0 aromatic rings. The second-order valence-electron chi connectivity index (χ2n) is 8.54. The first-order valence-electron chi connectivity index (χ1n) is 8.91. The van der Waals surface area contributed by atoms with Gasteiger partial charge in [0.25, 0.3) is 0 Å². The van der Waals surface area contributed by atoms with Gasteiger partial charge >= 0.3 is 0 Å². The Kier molecular flexibility index (Phi) is 4.75. The quantitative estimate of drug-likeness (QED) is 0.360. The van der Waals surface area contributed by atoms with Crippen LogP contribution in [0.15, 0.2) is 0 Å². The SMILES string of the molecule is CN(C)CCC1C(O)C(O)CC2CC3(O)CC(O)C(O)CC3(O)C21. The molecular formula is C17H31NO6. The van der Waals surface area contributed by atoms with Crippen molar-refractivity contribution in [2.24, 2.45) is 17.8 Å². The van der Waals surface area contributed by atoms with Gasteiger partial charge in [0, 0.05) is 12.8 Å². The number of hydrogen-bond acceptors (Lipinski definition) is 7. The van der Waals surface area contributed by atoms with E-state index in [1.807, 2.05) is 19.0 Å². The predicted octanol–water partition coefficient (Wildman–Crippen LogP) is -1.71. The molecule has 0 radical (unpaired) electrons. The Hall–Kier alpha value is -0.280. The number of nitrogens with zero attached hydrogens (tertiary/aromatic N) is 1. The van der Waals surface area contributed by atoms with Crippen molar-refractivity contribution in [1.82, 2.24) is 4.90 Å². The number of aliphatic hydroxyl groups is 6. The van der Waals surface area contributed by atoms with Crippen molar-refractivity contribution >= 4 is 0 Å². The van der Waals surface area contributed by atoms with Gasteiger partial charge in [-0.1, -0.05) is 0 Å². The highest BCUT2D eigenvalue weighted by atomic mass is 16.4. The number of aliphatic hydroxyl groups excluding tert-OH is 4. The summed E-state index contributed by atoms with van der Waals surface area (Å²) in [4.78, 5) is 1.98. The van der Waals surface area contributed by atoms with Gasteiger partial charge in [-0.15, -0.1) is 0 Å². The van der Waals surface area contributed by atoms with Gasteiger partial charge in [0.2, 0.25) is 0 Å². The predicted molar refractivity (Wildman–Crippen MR) is 86.0 cm³/mol. The van der Waals surface area contributed by atoms with Crippen molar-refractivity contribution in [3.63, 3.8) is 0 Å². The first-order chi connectivity index (χ1) is 11.1. The summed E-state index contributed by atoms with van der Waals surface area (Å²) in [6, 6.07) is 0. The number of hydrogen-bond donors (Lipinski definition) is 6. The second-order valence-corrected chi connectivity index (χ2v) is 8.54. The molecule has 0 spiro atoms. The van der Waals surface area contributed by atoms with Gasteiger partial charge in [0.15, 0.2) is 0 Å². The van der Waals surface area contributed by atoms with Crippen molar-refractivity contribution < 1.29 is 30.6 Å². The van der Waals surface area contributed by atoms with Gasteiger partial charge in [0.1, 0.15) is 0 Å². The smallest absolute Gasteiger partial charge is 0.0994 e. The fraction of sp³-hybridized carbons (Fsp3) is 1.00. The Morgan fingerprint density at radius 3 is 2.17 bits per heavy atom. The van der Waals surface area contributed by atoms with E-state index in [0.29, 0.717) is 19.4 Å². The minimum absolute atomic E-state index is 0.0791. The first-order valence-corrected chi connectivity index (χ1v) is 8.91. The third kappa shape index (κ3) is 2.70. The maximum absolute atomic E-state index is 11.4. The molecule has 6 N–H and O–H groups in total. The van der Waals surface area contributed by atoms with E-state index in [2.05, 4.69) is 0 Å². The number of fused-ring (bicyclic) bond motifs is 3. The molecule has 0 bridgehead atoms. The molecule has 0 saturated heterocycles. The highest BCUT2D eigenvalue weighted by Gasteiger charge is 2.69. The minimum atomic E-state index is -1.55. The molecular weight excluding hydrogens is 314 g/mol. The summed E-state index contributed by atoms with van der Waals surface area (Å²) >= 11 is 0. The lowest BCUT2D eigenvalue weighted by atomic mass is 9.61. The average molecular weight is 345 g/mol. The minimum Gasteiger partial charge on any atom is -0.390 e. The standard InChI is InChI=1S/C17H31NO6/c1-18(2)4-3-10-14-9(5-11(19)15(10)22)6-16(23)7-12(20)13(21)8-17(14,16)24/h9-15,19-24H,3-8H2,1-2H3. The third-order valence-corrected chi connectivity index (χ3v) is 6.72. The maximum atomic E-state index is 11.4. The topological polar surface area (TPSA) is 125 Å². The maximum Gasteiger partial charge on any atom is 0.0994 e. The molecule has 3 rings (SSSR count). The van der Waals surface area contributed by atoms with E-state index in [1.165, 1.54) is 0 Å². The lowest BCUT2D eigenvalue weighted by Crippen LogP contribution is -2.64. The van der Waals surface area contributed by atoms with E-state index >= 15 is 0 Å². The van der Waals surface area contributed by atoms with Gasteiger partial charge < -0.3 is 35.5 Å². The van der Waals surface area contributed by atoms with Crippen LogP contribution in [-0.2, 0) is 0 Å². The molecule has 0 amide bonds. The van der Waals surface area contributed by atoms with Gasteiger partial charge in [0.05, 0.1) is 35.6 Å². The molecule has 3 aliphatic carbocycles. The van der Waals surface area contributed by atoms with Crippen molar-refractivity contribution in [1.29, 1.82) is 0 Å². The fourth-order valence-electron chi connectivity index (χ4n) is 5.60. The van der Waals surface area contributed by atoms with Crippen LogP contribution in [0.25, 0.3) is 0 Å². The first kappa shape index (κ1) is 18.5. The Labute approximate surface area is 142 Å². The molecule has 3 fully saturated rings. The molecule has 7 nitrogen and oxygen atoms in total. The number of rotatable bonds is 3. The van der Waals surface area contributed by atoms with Gasteiger partial charge in [-0.2, -0.15) is 0 Å². The molecule has 0 aromatic carbocycles. The summed E-state index contributed by atoms with van der Waals surface area (Å²) in [6.07, 6.45) is -2.98. The molecule has 0 heterocycles. The average Bonchev–Trinajstić information content (AvgIpc) is 2.67. The van der Waals surface area contributed by atoms with Crippen molar-refractivity contribution in [3.8, 4) is 0 Å². The van der Waals surface area contributed by atoms with E-state index in [4.69, 9.17) is 0 Å². The zero-order valence-corrected chi connectivity index (χ0v) is 14.4. The van der Waals surface area contributed by atoms with E-state index in [9.17, 15) is 30.6 Å². The highest BCUT2D eigenvalue weighted by Crippen LogP contribution is 2.60. The lowest BCUT2D eigenvalue weighted by Gasteiger charge is -2.52. The zero-order chi connectivity index (χ0) is 17.9.